The molecule has 5 nitrogen and oxygen atoms in total. The summed E-state index contributed by atoms with van der Waals surface area (Å²) in [7, 11) is 1.83. The van der Waals surface area contributed by atoms with E-state index in [1.165, 1.54) is 4.90 Å². The second kappa shape index (κ2) is 7.22. The largest absolute Gasteiger partial charge is 0.494 e. The molecule has 1 saturated heterocycles. The van der Waals surface area contributed by atoms with Crippen molar-refractivity contribution in [1.82, 2.24) is 10.2 Å². The first kappa shape index (κ1) is 15.5. The molecule has 1 atom stereocenters. The summed E-state index contributed by atoms with van der Waals surface area (Å²) in [5.41, 5.74) is 1.03. The number of likely N-dealkylation sites (tertiary alicyclic amines) is 1. The molecular formula is C16H22N2O3. The van der Waals surface area contributed by atoms with Crippen molar-refractivity contribution in [3.05, 3.63) is 29.8 Å². The minimum absolute atomic E-state index is 0.0633. The van der Waals surface area contributed by atoms with Gasteiger partial charge in [0.1, 0.15) is 5.75 Å². The normalized spacial score (nSPS) is 17.0. The number of hydrogen-bond acceptors (Lipinski definition) is 4. The zero-order valence-corrected chi connectivity index (χ0v) is 12.6. The summed E-state index contributed by atoms with van der Waals surface area (Å²) in [6, 6.07) is 7.67. The molecule has 1 aromatic rings. The Labute approximate surface area is 125 Å². The zero-order chi connectivity index (χ0) is 15.2. The number of nitrogens with zero attached hydrogens (tertiary/aromatic N) is 1. The molecule has 1 aromatic carbocycles. The van der Waals surface area contributed by atoms with Gasteiger partial charge in [0.05, 0.1) is 12.6 Å². The van der Waals surface area contributed by atoms with E-state index in [-0.39, 0.29) is 17.9 Å². The van der Waals surface area contributed by atoms with Gasteiger partial charge >= 0.3 is 0 Å². The lowest BCUT2D eigenvalue weighted by molar-refractivity contribution is -0.148. The molecule has 0 radical (unpaired) electrons. The molecule has 21 heavy (non-hydrogen) atoms. The molecule has 1 aliphatic rings. The predicted molar refractivity (Wildman–Crippen MR) is 80.0 cm³/mol. The van der Waals surface area contributed by atoms with Crippen molar-refractivity contribution in [1.29, 1.82) is 0 Å². The summed E-state index contributed by atoms with van der Waals surface area (Å²) in [6.07, 6.45) is 1.60. The number of rotatable bonds is 6. The van der Waals surface area contributed by atoms with Crippen molar-refractivity contribution >= 4 is 11.8 Å². The molecule has 1 unspecified atom stereocenters. The Morgan fingerprint density at radius 1 is 1.19 bits per heavy atom. The van der Waals surface area contributed by atoms with E-state index < -0.39 is 0 Å². The molecular weight excluding hydrogens is 268 g/mol. The first-order chi connectivity index (χ1) is 10.2. The van der Waals surface area contributed by atoms with E-state index >= 15 is 0 Å². The van der Waals surface area contributed by atoms with E-state index in [1.54, 1.807) is 0 Å². The van der Waals surface area contributed by atoms with Crippen LogP contribution in [0.15, 0.2) is 24.3 Å². The van der Waals surface area contributed by atoms with Crippen LogP contribution in [0.25, 0.3) is 0 Å². The van der Waals surface area contributed by atoms with Crippen LogP contribution < -0.4 is 10.1 Å². The highest BCUT2D eigenvalue weighted by Gasteiger charge is 2.28. The van der Waals surface area contributed by atoms with Crippen molar-refractivity contribution < 1.29 is 14.3 Å². The van der Waals surface area contributed by atoms with E-state index in [1.807, 2.05) is 38.2 Å². The number of amides is 2. The third kappa shape index (κ3) is 3.82. The van der Waals surface area contributed by atoms with Crippen LogP contribution in [0.5, 0.6) is 5.75 Å². The highest BCUT2D eigenvalue weighted by Crippen LogP contribution is 2.21. The third-order valence-corrected chi connectivity index (χ3v) is 3.69. The van der Waals surface area contributed by atoms with Gasteiger partial charge in [0.15, 0.2) is 0 Å². The Hall–Kier alpha value is -1.88. The van der Waals surface area contributed by atoms with Gasteiger partial charge < -0.3 is 10.1 Å². The molecule has 1 N–H and O–H groups in total. The fraction of sp³-hybridized carbons (Fsp3) is 0.500. The van der Waals surface area contributed by atoms with Gasteiger partial charge in [-0.2, -0.15) is 0 Å². The number of likely N-dealkylation sites (N-methyl/N-ethyl adjacent to an activating group) is 1. The average molecular weight is 290 g/mol. The lowest BCUT2D eigenvalue weighted by atomic mass is 10.0. The molecule has 0 bridgehead atoms. The summed E-state index contributed by atoms with van der Waals surface area (Å²) < 4.78 is 5.42. The van der Waals surface area contributed by atoms with Gasteiger partial charge in [0.25, 0.3) is 0 Å². The average Bonchev–Trinajstić information content (AvgIpc) is 2.49. The number of imide groups is 1. The maximum absolute atomic E-state index is 11.9. The van der Waals surface area contributed by atoms with Gasteiger partial charge in [0.2, 0.25) is 11.8 Å². The number of carbonyl (C=O) groups is 2. The summed E-state index contributed by atoms with van der Waals surface area (Å²) in [5.74, 6) is 0.677. The fourth-order valence-electron chi connectivity index (χ4n) is 2.51. The Kier molecular flexibility index (Phi) is 5.33. The Morgan fingerprint density at radius 2 is 1.81 bits per heavy atom. The van der Waals surface area contributed by atoms with Crippen LogP contribution in [-0.2, 0) is 9.59 Å². The molecule has 2 rings (SSSR count). The smallest absolute Gasteiger partial charge is 0.229 e. The van der Waals surface area contributed by atoms with Crippen LogP contribution >= 0.6 is 0 Å². The predicted octanol–water partition coefficient (Wildman–Crippen LogP) is 1.88. The summed E-state index contributed by atoms with van der Waals surface area (Å²) in [4.78, 5) is 25.1. The lowest BCUT2D eigenvalue weighted by Gasteiger charge is -2.29. The molecule has 0 saturated carbocycles. The van der Waals surface area contributed by atoms with Crippen LogP contribution in [0.2, 0.25) is 0 Å². The highest BCUT2D eigenvalue weighted by atomic mass is 16.5. The molecule has 0 aromatic heterocycles. The van der Waals surface area contributed by atoms with Gasteiger partial charge in [-0.3, -0.25) is 14.5 Å². The van der Waals surface area contributed by atoms with Gasteiger partial charge in [-0.15, -0.1) is 0 Å². The lowest BCUT2D eigenvalue weighted by Crippen LogP contribution is -2.44. The number of nitrogens with one attached hydrogen (secondary N) is 1. The van der Waals surface area contributed by atoms with Gasteiger partial charge in [-0.1, -0.05) is 12.1 Å². The summed E-state index contributed by atoms with van der Waals surface area (Å²) in [6.45, 7) is 2.95. The maximum Gasteiger partial charge on any atom is 0.229 e. The SMILES string of the molecule is CCOc1ccc(C(CN2C(=O)CCCC2=O)NC)cc1. The van der Waals surface area contributed by atoms with Crippen LogP contribution in [0.4, 0.5) is 0 Å². The van der Waals surface area contributed by atoms with E-state index in [2.05, 4.69) is 5.32 Å². The first-order valence-electron chi connectivity index (χ1n) is 7.39. The molecule has 1 heterocycles. The monoisotopic (exact) mass is 290 g/mol. The number of hydrogen-bond donors (Lipinski definition) is 1. The van der Waals surface area contributed by atoms with Crippen molar-refractivity contribution in [2.75, 3.05) is 20.2 Å². The molecule has 2 amide bonds. The van der Waals surface area contributed by atoms with E-state index in [4.69, 9.17) is 4.74 Å². The number of benzene rings is 1. The van der Waals surface area contributed by atoms with Crippen molar-refractivity contribution in [2.45, 2.75) is 32.2 Å². The topological polar surface area (TPSA) is 58.6 Å². The van der Waals surface area contributed by atoms with Crippen molar-refractivity contribution in [3.8, 4) is 5.75 Å². The Bertz CT molecular complexity index is 483. The molecule has 1 fully saturated rings. The van der Waals surface area contributed by atoms with E-state index in [0.717, 1.165) is 11.3 Å². The first-order valence-corrected chi connectivity index (χ1v) is 7.39. The van der Waals surface area contributed by atoms with Gasteiger partial charge in [0, 0.05) is 19.4 Å². The Morgan fingerprint density at radius 3 is 2.33 bits per heavy atom. The standard InChI is InChI=1S/C16H22N2O3/c1-3-21-13-9-7-12(8-10-13)14(17-2)11-18-15(19)5-4-6-16(18)20/h7-10,14,17H,3-6,11H2,1-2H3. The second-order valence-electron chi connectivity index (χ2n) is 5.09. The van der Waals surface area contributed by atoms with Gasteiger partial charge in [-0.25, -0.2) is 0 Å². The molecule has 0 aliphatic carbocycles. The number of carbonyl (C=O) groups excluding carboxylic acids is 2. The van der Waals surface area contributed by atoms with E-state index in [0.29, 0.717) is 32.4 Å². The number of piperidine rings is 1. The van der Waals surface area contributed by atoms with Gasteiger partial charge in [-0.05, 0) is 38.1 Å². The third-order valence-electron chi connectivity index (χ3n) is 3.69. The minimum Gasteiger partial charge on any atom is -0.494 e. The van der Waals surface area contributed by atoms with Crippen molar-refractivity contribution in [2.24, 2.45) is 0 Å². The van der Waals surface area contributed by atoms with Crippen LogP contribution in [0.3, 0.4) is 0 Å². The summed E-state index contributed by atoms with van der Waals surface area (Å²) >= 11 is 0. The highest BCUT2D eigenvalue weighted by molar-refractivity contribution is 5.97. The second-order valence-corrected chi connectivity index (χ2v) is 5.09. The molecule has 1 aliphatic heterocycles. The van der Waals surface area contributed by atoms with Crippen LogP contribution in [0.1, 0.15) is 37.8 Å². The summed E-state index contributed by atoms with van der Waals surface area (Å²) in [5, 5.41) is 3.17. The molecule has 114 valence electrons. The quantitative estimate of drug-likeness (QED) is 0.813. The van der Waals surface area contributed by atoms with Crippen molar-refractivity contribution in [3.63, 3.8) is 0 Å². The zero-order valence-electron chi connectivity index (χ0n) is 12.6. The Balaban J connectivity index is 2.08. The van der Waals surface area contributed by atoms with Crippen LogP contribution in [0, 0.1) is 0 Å². The minimum atomic E-state index is -0.0718. The molecule has 5 heteroatoms. The molecule has 0 spiro atoms. The fourth-order valence-corrected chi connectivity index (χ4v) is 2.51. The maximum atomic E-state index is 11.9. The van der Waals surface area contributed by atoms with Crippen LogP contribution in [-0.4, -0.2) is 36.9 Å². The number of ether oxygens (including phenoxy) is 1. The van der Waals surface area contributed by atoms with E-state index in [9.17, 15) is 9.59 Å².